The average Bonchev–Trinajstić information content (AvgIpc) is 3.65. The van der Waals surface area contributed by atoms with Crippen molar-refractivity contribution >= 4 is 63.6 Å². The number of anilines is 1. The fourth-order valence-electron chi connectivity index (χ4n) is 5.62. The second-order valence-corrected chi connectivity index (χ2v) is 13.1. The molecule has 3 aliphatic rings. The molecule has 6 rings (SSSR count). The molecule has 18 heteroatoms. The Morgan fingerprint density at radius 1 is 1.10 bits per heavy atom. The summed E-state index contributed by atoms with van der Waals surface area (Å²) in [6, 6.07) is 9.37. The predicted molar refractivity (Wildman–Crippen MR) is 173 cm³/mol. The van der Waals surface area contributed by atoms with Gasteiger partial charge in [0.2, 0.25) is 5.91 Å². The minimum Gasteiger partial charge on any atom is -1.00 e. The Hall–Kier alpha value is -4.55. The number of carboxylic acid groups (broad SMARTS) is 2. The van der Waals surface area contributed by atoms with Gasteiger partial charge in [-0.05, 0) is 35.8 Å². The summed E-state index contributed by atoms with van der Waals surface area (Å²) in [4.78, 5) is 69.3. The SMILES string of the molecule is Nc1nc(/C(=N/O)C(=O)N[C@@H]2C(=O)N3C(C(=O)O)=C(/C=C4\CCN(Cc5cc[n+](Cc6ccc(C(=O)O)cc6)cc5)C4=O)CS[C@H]23)cs1.[H-].[Na+]. The van der Waals surface area contributed by atoms with E-state index in [9.17, 15) is 34.3 Å². The number of hydrogen-bond acceptors (Lipinski definition) is 11. The maximum atomic E-state index is 13.3. The van der Waals surface area contributed by atoms with E-state index in [-0.39, 0.29) is 64.7 Å². The number of β-lactam (4-membered cyclic amide) rings is 1. The number of aromatic nitrogens is 2. The van der Waals surface area contributed by atoms with E-state index >= 15 is 0 Å². The summed E-state index contributed by atoms with van der Waals surface area (Å²) in [6.07, 6.45) is 5.71. The quantitative estimate of drug-likeness (QED) is 0.0299. The molecular weight excluding hydrogens is 686 g/mol. The standard InChI is InChI=1S/C31H27N7O8S2.Na.H/c32-31-33-21(15-48-31)22(35-46)25(39)34-23-27(41)38-24(30(44)45)20(14-47-28(23)38)11-19-7-10-37(26(19)40)13-17-5-8-36(9-6-17)12-16-1-3-18(4-2-16)29(42)43;;/h1-6,8-9,11,15,23,28H,7,10,12-14H2,(H5-,32,33,34,39,42,43,44,45,46);;/q;+1;-1/p+1/b19-11+;;/t23-,28-;;/m1../s1. The zero-order chi connectivity index (χ0) is 34.1. The Kier molecular flexibility index (Phi) is 10.9. The van der Waals surface area contributed by atoms with Crippen LogP contribution in [0, 0.1) is 0 Å². The number of thioether (sulfide) groups is 1. The Balaban J connectivity index is 0.00000281. The molecule has 0 unspecified atom stereocenters. The molecule has 3 aliphatic heterocycles. The van der Waals surface area contributed by atoms with Crippen molar-refractivity contribution in [2.75, 3.05) is 18.0 Å². The molecule has 0 bridgehead atoms. The number of nitrogens with one attached hydrogen (secondary N) is 1. The third kappa shape index (κ3) is 7.40. The number of nitrogen functional groups attached to an aromatic ring is 1. The van der Waals surface area contributed by atoms with Gasteiger partial charge >= 0.3 is 41.5 Å². The number of nitrogens with two attached hydrogens (primary N) is 1. The van der Waals surface area contributed by atoms with Crippen molar-refractivity contribution in [1.82, 2.24) is 20.1 Å². The Morgan fingerprint density at radius 3 is 2.43 bits per heavy atom. The zero-order valence-corrected chi connectivity index (χ0v) is 29.6. The van der Waals surface area contributed by atoms with Gasteiger partial charge in [0.15, 0.2) is 29.8 Å². The number of nitrogens with zero attached hydrogens (tertiary/aromatic N) is 5. The number of oxime groups is 1. The molecule has 1 aromatic carbocycles. The van der Waals surface area contributed by atoms with Crippen molar-refractivity contribution in [3.8, 4) is 0 Å². The van der Waals surface area contributed by atoms with Crippen LogP contribution >= 0.6 is 23.1 Å². The molecule has 2 aromatic heterocycles. The number of rotatable bonds is 10. The topological polar surface area (TPSA) is 220 Å². The van der Waals surface area contributed by atoms with Crippen LogP contribution in [0.1, 0.15) is 35.0 Å². The first-order valence-corrected chi connectivity index (χ1v) is 16.4. The number of aliphatic carboxylic acids is 1. The number of carboxylic acids is 2. The number of benzene rings is 1. The molecule has 0 aliphatic carbocycles. The van der Waals surface area contributed by atoms with E-state index in [1.54, 1.807) is 35.2 Å². The Bertz CT molecular complexity index is 1930. The minimum atomic E-state index is -1.33. The summed E-state index contributed by atoms with van der Waals surface area (Å²) in [5, 5.41) is 34.9. The molecule has 2 fully saturated rings. The van der Waals surface area contributed by atoms with E-state index in [1.807, 2.05) is 29.1 Å². The van der Waals surface area contributed by atoms with Crippen molar-refractivity contribution < 1.29 is 74.9 Å². The van der Waals surface area contributed by atoms with Crippen LogP contribution in [0.5, 0.6) is 0 Å². The summed E-state index contributed by atoms with van der Waals surface area (Å²) in [7, 11) is 0. The summed E-state index contributed by atoms with van der Waals surface area (Å²) in [5.74, 6) is -3.88. The van der Waals surface area contributed by atoms with Crippen LogP contribution in [0.4, 0.5) is 5.13 Å². The van der Waals surface area contributed by atoms with E-state index in [0.717, 1.165) is 27.4 Å². The summed E-state index contributed by atoms with van der Waals surface area (Å²) < 4.78 is 1.94. The molecule has 2 atom stereocenters. The molecule has 49 heavy (non-hydrogen) atoms. The number of aromatic carboxylic acids is 1. The molecular formula is C31H29N7NaO8S2+. The molecule has 6 N–H and O–H groups in total. The predicted octanol–water partition coefficient (Wildman–Crippen LogP) is -1.85. The van der Waals surface area contributed by atoms with Crippen molar-refractivity contribution in [2.45, 2.75) is 30.9 Å². The van der Waals surface area contributed by atoms with E-state index in [2.05, 4.69) is 15.5 Å². The van der Waals surface area contributed by atoms with Crippen LogP contribution in [-0.2, 0) is 32.3 Å². The van der Waals surface area contributed by atoms with Crippen molar-refractivity contribution in [2.24, 2.45) is 5.16 Å². The van der Waals surface area contributed by atoms with Crippen LogP contribution in [0.2, 0.25) is 0 Å². The first kappa shape index (κ1) is 35.7. The normalized spacial score (nSPS) is 19.8. The molecule has 2 saturated heterocycles. The first-order valence-electron chi connectivity index (χ1n) is 14.5. The second-order valence-electron chi connectivity index (χ2n) is 11.1. The average molecular weight is 715 g/mol. The number of amides is 3. The summed E-state index contributed by atoms with van der Waals surface area (Å²) in [6.45, 7) is 1.34. The molecule has 0 saturated carbocycles. The van der Waals surface area contributed by atoms with E-state index in [0.29, 0.717) is 37.2 Å². The molecule has 15 nitrogen and oxygen atoms in total. The van der Waals surface area contributed by atoms with Crippen molar-refractivity contribution in [1.29, 1.82) is 0 Å². The number of carbonyl (C=O) groups excluding carboxylic acids is 3. The van der Waals surface area contributed by atoms with Gasteiger partial charge in [0.25, 0.3) is 11.8 Å². The first-order chi connectivity index (χ1) is 23.0. The number of thiazole rings is 1. The van der Waals surface area contributed by atoms with Gasteiger partial charge < -0.3 is 32.8 Å². The molecule has 248 valence electrons. The van der Waals surface area contributed by atoms with Crippen LogP contribution in [0.15, 0.2) is 82.2 Å². The van der Waals surface area contributed by atoms with Gasteiger partial charge in [-0.2, -0.15) is 0 Å². The molecule has 3 aromatic rings. The number of likely N-dealkylation sites (tertiary alicyclic amines) is 1. The van der Waals surface area contributed by atoms with Gasteiger partial charge in [0, 0.05) is 47.5 Å². The third-order valence-corrected chi connectivity index (χ3v) is 10.0. The third-order valence-electron chi connectivity index (χ3n) is 8.03. The summed E-state index contributed by atoms with van der Waals surface area (Å²) >= 11 is 2.28. The van der Waals surface area contributed by atoms with Gasteiger partial charge in [0.1, 0.15) is 22.8 Å². The van der Waals surface area contributed by atoms with Crippen molar-refractivity contribution in [3.05, 3.63) is 99.5 Å². The fourth-order valence-corrected chi connectivity index (χ4v) is 7.47. The number of fused-ring (bicyclic) bond motifs is 1. The van der Waals surface area contributed by atoms with Gasteiger partial charge in [-0.25, -0.2) is 19.1 Å². The molecule has 3 amide bonds. The number of allylic oxidation sites excluding steroid dienone is 1. The van der Waals surface area contributed by atoms with Crippen molar-refractivity contribution in [3.63, 3.8) is 0 Å². The second kappa shape index (κ2) is 14.9. The van der Waals surface area contributed by atoms with Crippen LogP contribution in [-0.4, -0.2) is 89.3 Å². The monoisotopic (exact) mass is 714 g/mol. The van der Waals surface area contributed by atoms with Gasteiger partial charge in [-0.15, -0.1) is 23.1 Å². The maximum absolute atomic E-state index is 13.3. The van der Waals surface area contributed by atoms with E-state index in [1.165, 1.54) is 17.1 Å². The minimum absolute atomic E-state index is 0. The zero-order valence-electron chi connectivity index (χ0n) is 27.0. The largest absolute Gasteiger partial charge is 1.00 e. The number of carbonyl (C=O) groups is 5. The van der Waals surface area contributed by atoms with Crippen LogP contribution in [0.3, 0.4) is 0 Å². The number of hydrogen-bond donors (Lipinski definition) is 5. The van der Waals surface area contributed by atoms with Gasteiger partial charge in [-0.1, -0.05) is 17.3 Å². The van der Waals surface area contributed by atoms with Gasteiger partial charge in [-0.3, -0.25) is 19.3 Å². The maximum Gasteiger partial charge on any atom is 1.00 e. The van der Waals surface area contributed by atoms with E-state index < -0.39 is 40.9 Å². The van der Waals surface area contributed by atoms with Crippen LogP contribution < -0.4 is 45.2 Å². The Morgan fingerprint density at radius 2 is 1.82 bits per heavy atom. The fraction of sp³-hybridized carbons (Fsp3) is 0.226. The van der Waals surface area contributed by atoms with Gasteiger partial charge in [0.05, 0.1) is 5.56 Å². The Labute approximate surface area is 310 Å². The van der Waals surface area contributed by atoms with E-state index in [4.69, 9.17) is 10.8 Å². The molecule has 5 heterocycles. The summed E-state index contributed by atoms with van der Waals surface area (Å²) in [5.41, 5.74) is 7.75. The molecule has 0 spiro atoms. The smallest absolute Gasteiger partial charge is 1.00 e. The molecule has 0 radical (unpaired) electrons. The van der Waals surface area contributed by atoms with Crippen LogP contribution in [0.25, 0.3) is 0 Å². The number of pyridine rings is 1.